The van der Waals surface area contributed by atoms with E-state index in [1.54, 1.807) is 0 Å². The maximum atomic E-state index is 6.30. The normalized spacial score (nSPS) is 12.2. The van der Waals surface area contributed by atoms with Crippen molar-refractivity contribution in [2.24, 2.45) is 0 Å². The lowest BCUT2D eigenvalue weighted by molar-refractivity contribution is 0.570. The second-order valence-corrected chi connectivity index (χ2v) is 9.50. The van der Waals surface area contributed by atoms with Crippen LogP contribution in [0.2, 0.25) is 0 Å². The standard InChI is InChI=1S/C28H24N4O/c1-17-13-14-20-19-11-8-12-21(25(19)33-27(20)30-17)26-31-22-15-24(28(2,3)4)29-16-23(22)32(26)18-9-6-5-7-10-18/h5-16H,1-4H3. The van der Waals surface area contributed by atoms with E-state index in [1.807, 2.05) is 37.4 Å². The highest BCUT2D eigenvalue weighted by atomic mass is 16.3. The Bertz CT molecular complexity index is 1650. The van der Waals surface area contributed by atoms with Gasteiger partial charge in [-0.2, -0.15) is 0 Å². The Morgan fingerprint density at radius 3 is 2.45 bits per heavy atom. The lowest BCUT2D eigenvalue weighted by Crippen LogP contribution is -2.13. The van der Waals surface area contributed by atoms with Crippen LogP contribution < -0.4 is 0 Å². The number of aryl methyl sites for hydroxylation is 1. The summed E-state index contributed by atoms with van der Waals surface area (Å²) in [5.74, 6) is 0.824. The van der Waals surface area contributed by atoms with Crippen LogP contribution in [0.1, 0.15) is 32.2 Å². The third-order valence-corrected chi connectivity index (χ3v) is 6.07. The Labute approximate surface area is 191 Å². The van der Waals surface area contributed by atoms with Gasteiger partial charge in [0.15, 0.2) is 0 Å². The molecule has 0 aliphatic heterocycles. The second-order valence-electron chi connectivity index (χ2n) is 9.50. The molecule has 33 heavy (non-hydrogen) atoms. The number of aromatic nitrogens is 4. The predicted molar refractivity (Wildman–Crippen MR) is 133 cm³/mol. The summed E-state index contributed by atoms with van der Waals surface area (Å²) in [6, 6.07) is 22.7. The van der Waals surface area contributed by atoms with Gasteiger partial charge in [-0.25, -0.2) is 9.97 Å². The zero-order valence-corrected chi connectivity index (χ0v) is 19.1. The number of para-hydroxylation sites is 2. The van der Waals surface area contributed by atoms with Gasteiger partial charge in [0.25, 0.3) is 0 Å². The van der Waals surface area contributed by atoms with Crippen molar-refractivity contribution < 1.29 is 4.42 Å². The smallest absolute Gasteiger partial charge is 0.227 e. The number of hydrogen-bond donors (Lipinski definition) is 0. The van der Waals surface area contributed by atoms with Crippen molar-refractivity contribution in [2.75, 3.05) is 0 Å². The second kappa shape index (κ2) is 7.01. The van der Waals surface area contributed by atoms with Crippen LogP contribution in [0.4, 0.5) is 0 Å². The molecule has 0 radical (unpaired) electrons. The molecule has 0 aliphatic rings. The number of imidazole rings is 1. The molecule has 0 saturated heterocycles. The Morgan fingerprint density at radius 2 is 1.67 bits per heavy atom. The first-order valence-electron chi connectivity index (χ1n) is 11.1. The number of furan rings is 1. The summed E-state index contributed by atoms with van der Waals surface area (Å²) in [4.78, 5) is 14.5. The lowest BCUT2D eigenvalue weighted by Gasteiger charge is -2.17. The van der Waals surface area contributed by atoms with E-state index in [4.69, 9.17) is 14.4 Å². The highest BCUT2D eigenvalue weighted by Gasteiger charge is 2.22. The predicted octanol–water partition coefficient (Wildman–Crippen LogP) is 6.99. The summed E-state index contributed by atoms with van der Waals surface area (Å²) in [7, 11) is 0. The Hall–Kier alpha value is -3.99. The molecular formula is C28H24N4O. The van der Waals surface area contributed by atoms with Crippen LogP contribution in [0.3, 0.4) is 0 Å². The van der Waals surface area contributed by atoms with E-state index in [2.05, 4.69) is 72.8 Å². The minimum Gasteiger partial charge on any atom is -0.437 e. The van der Waals surface area contributed by atoms with Crippen LogP contribution in [0.25, 0.3) is 50.2 Å². The van der Waals surface area contributed by atoms with Gasteiger partial charge < -0.3 is 4.42 Å². The molecule has 6 rings (SSSR count). The van der Waals surface area contributed by atoms with Crippen molar-refractivity contribution in [1.29, 1.82) is 0 Å². The molecule has 0 unspecified atom stereocenters. The van der Waals surface area contributed by atoms with E-state index in [1.165, 1.54) is 0 Å². The fourth-order valence-corrected chi connectivity index (χ4v) is 4.35. The molecule has 4 aromatic heterocycles. The molecule has 0 spiro atoms. The summed E-state index contributed by atoms with van der Waals surface area (Å²) >= 11 is 0. The molecule has 0 N–H and O–H groups in total. The minimum absolute atomic E-state index is 0.0623. The van der Waals surface area contributed by atoms with Gasteiger partial charge in [0.05, 0.1) is 22.8 Å². The molecule has 5 heteroatoms. The fourth-order valence-electron chi connectivity index (χ4n) is 4.35. The summed E-state index contributed by atoms with van der Waals surface area (Å²) < 4.78 is 8.47. The average molecular weight is 433 g/mol. The lowest BCUT2D eigenvalue weighted by atomic mass is 9.91. The third-order valence-electron chi connectivity index (χ3n) is 6.07. The first kappa shape index (κ1) is 19.7. The summed E-state index contributed by atoms with van der Waals surface area (Å²) in [5.41, 5.74) is 7.16. The molecule has 5 nitrogen and oxygen atoms in total. The van der Waals surface area contributed by atoms with Crippen molar-refractivity contribution in [1.82, 2.24) is 19.5 Å². The quantitative estimate of drug-likeness (QED) is 0.296. The topological polar surface area (TPSA) is 56.7 Å². The molecule has 0 fully saturated rings. The van der Waals surface area contributed by atoms with Crippen LogP contribution in [-0.2, 0) is 5.41 Å². The minimum atomic E-state index is -0.0623. The number of rotatable bonds is 2. The third kappa shape index (κ3) is 3.11. The average Bonchev–Trinajstić information content (AvgIpc) is 3.36. The zero-order valence-electron chi connectivity index (χ0n) is 19.1. The van der Waals surface area contributed by atoms with Crippen LogP contribution in [0.5, 0.6) is 0 Å². The Morgan fingerprint density at radius 1 is 0.848 bits per heavy atom. The summed E-state index contributed by atoms with van der Waals surface area (Å²) in [6.45, 7) is 8.48. The molecule has 6 aromatic rings. The van der Waals surface area contributed by atoms with Gasteiger partial charge in [-0.05, 0) is 43.3 Å². The molecule has 4 heterocycles. The fraction of sp³-hybridized carbons (Fsp3) is 0.179. The number of benzene rings is 2. The van der Waals surface area contributed by atoms with Gasteiger partial charge in [-0.1, -0.05) is 51.1 Å². The number of fused-ring (bicyclic) bond motifs is 4. The monoisotopic (exact) mass is 432 g/mol. The largest absolute Gasteiger partial charge is 0.437 e. The molecule has 0 amide bonds. The van der Waals surface area contributed by atoms with Gasteiger partial charge in [0, 0.05) is 33.3 Å². The maximum absolute atomic E-state index is 6.30. The van der Waals surface area contributed by atoms with Crippen molar-refractivity contribution in [3.63, 3.8) is 0 Å². The Kier molecular flexibility index (Phi) is 4.18. The van der Waals surface area contributed by atoms with E-state index in [0.29, 0.717) is 5.71 Å². The van der Waals surface area contributed by atoms with Crippen molar-refractivity contribution in [2.45, 2.75) is 33.1 Å². The van der Waals surface area contributed by atoms with Crippen molar-refractivity contribution in [3.8, 4) is 17.1 Å². The first-order chi connectivity index (χ1) is 15.9. The van der Waals surface area contributed by atoms with E-state index >= 15 is 0 Å². The van der Waals surface area contributed by atoms with Gasteiger partial charge in [-0.3, -0.25) is 9.55 Å². The molecule has 0 aliphatic carbocycles. The van der Waals surface area contributed by atoms with Gasteiger partial charge >= 0.3 is 0 Å². The van der Waals surface area contributed by atoms with E-state index in [9.17, 15) is 0 Å². The SMILES string of the molecule is Cc1ccc2c(n1)oc1c(-c3nc4cc(C(C)(C)C)ncc4n3-c3ccccc3)cccc12. The van der Waals surface area contributed by atoms with Crippen molar-refractivity contribution in [3.05, 3.63) is 84.3 Å². The molecule has 0 saturated carbocycles. The van der Waals surface area contributed by atoms with Crippen molar-refractivity contribution >= 4 is 33.1 Å². The highest BCUT2D eigenvalue weighted by molar-refractivity contribution is 6.08. The van der Waals surface area contributed by atoms with Gasteiger partial charge in [0.1, 0.15) is 11.4 Å². The van der Waals surface area contributed by atoms with Gasteiger partial charge in [0.2, 0.25) is 5.71 Å². The molecule has 0 atom stereocenters. The summed E-state index contributed by atoms with van der Waals surface area (Å²) in [5, 5.41) is 2.05. The van der Waals surface area contributed by atoms with E-state index in [-0.39, 0.29) is 5.41 Å². The van der Waals surface area contributed by atoms with Gasteiger partial charge in [-0.15, -0.1) is 0 Å². The Balaban J connectivity index is 1.70. The highest BCUT2D eigenvalue weighted by Crippen LogP contribution is 2.37. The molecule has 0 bridgehead atoms. The maximum Gasteiger partial charge on any atom is 0.227 e. The molecule has 2 aromatic carbocycles. The first-order valence-corrected chi connectivity index (χ1v) is 11.1. The zero-order chi connectivity index (χ0) is 22.7. The van der Waals surface area contributed by atoms with Crippen LogP contribution in [0, 0.1) is 6.92 Å². The number of pyridine rings is 2. The van der Waals surface area contributed by atoms with E-state index < -0.39 is 0 Å². The van der Waals surface area contributed by atoms with Crippen LogP contribution in [-0.4, -0.2) is 19.5 Å². The molecular weight excluding hydrogens is 408 g/mol. The summed E-state index contributed by atoms with van der Waals surface area (Å²) in [6.07, 6.45) is 1.93. The molecule has 162 valence electrons. The van der Waals surface area contributed by atoms with E-state index in [0.717, 1.165) is 55.9 Å². The number of nitrogens with zero attached hydrogens (tertiary/aromatic N) is 4. The van der Waals surface area contributed by atoms with Crippen LogP contribution in [0.15, 0.2) is 77.3 Å². The van der Waals surface area contributed by atoms with Crippen LogP contribution >= 0.6 is 0 Å². The number of hydrogen-bond acceptors (Lipinski definition) is 4.